The molecule has 0 radical (unpaired) electrons. The maximum absolute atomic E-state index is 11.8. The smallest absolute Gasteiger partial charge is 0.550 e. The van der Waals surface area contributed by atoms with Crippen LogP contribution in [0.4, 0.5) is 8.78 Å². The van der Waals surface area contributed by atoms with Gasteiger partial charge < -0.3 is 9.90 Å². The minimum atomic E-state index is -1.82. The maximum Gasteiger partial charge on any atom is 1.00 e. The quantitative estimate of drug-likeness (QED) is 0.472. The van der Waals surface area contributed by atoms with Crippen LogP contribution in [0.3, 0.4) is 0 Å². The summed E-state index contributed by atoms with van der Waals surface area (Å²) in [6.07, 6.45) is -1.13. The first-order chi connectivity index (χ1) is 5.37. The summed E-state index contributed by atoms with van der Waals surface area (Å²) in [7, 11) is 0. The molecular weight excluding hydrogens is 189 g/mol. The molecule has 0 aromatic heterocycles. The summed E-state index contributed by atoms with van der Waals surface area (Å²) < 4.78 is 23.5. The molecule has 1 fully saturated rings. The number of hydrogen-bond donors (Lipinski definition) is 0. The Bertz CT molecular complexity index is 247. The monoisotopic (exact) mass is 198 g/mol. The summed E-state index contributed by atoms with van der Waals surface area (Å²) in [5, 5.41) is 10.4. The van der Waals surface area contributed by atoms with Gasteiger partial charge in [0.2, 0.25) is 0 Å². The van der Waals surface area contributed by atoms with Crippen LogP contribution in [0.15, 0.2) is 12.2 Å². The number of aliphatic carboxylic acids is 1. The van der Waals surface area contributed by atoms with Crippen LogP contribution in [-0.2, 0) is 4.79 Å². The van der Waals surface area contributed by atoms with E-state index in [1.165, 1.54) is 0 Å². The van der Waals surface area contributed by atoms with Crippen molar-refractivity contribution in [2.75, 3.05) is 0 Å². The van der Waals surface area contributed by atoms with Gasteiger partial charge in [0.15, 0.2) is 0 Å². The molecule has 2 nitrogen and oxygen atoms in total. The Morgan fingerprint density at radius 3 is 2.15 bits per heavy atom. The number of rotatable bonds is 2. The van der Waals surface area contributed by atoms with Gasteiger partial charge in [0.1, 0.15) is 0 Å². The van der Waals surface area contributed by atoms with Gasteiger partial charge in [-0.15, -0.1) is 0 Å². The third kappa shape index (κ3) is 2.51. The van der Waals surface area contributed by atoms with Crippen molar-refractivity contribution in [2.45, 2.75) is 13.8 Å². The Morgan fingerprint density at radius 2 is 1.92 bits per heavy atom. The molecule has 0 aromatic carbocycles. The van der Waals surface area contributed by atoms with Gasteiger partial charge in [0.05, 0.1) is 0 Å². The minimum absolute atomic E-state index is 0. The van der Waals surface area contributed by atoms with Crippen LogP contribution >= 0.6 is 0 Å². The fraction of sp³-hybridized carbons (Fsp3) is 0.625. The van der Waals surface area contributed by atoms with Gasteiger partial charge in [0.25, 0.3) is 6.08 Å². The first-order valence-electron chi connectivity index (χ1n) is 3.61. The molecule has 0 saturated heterocycles. The zero-order valence-electron chi connectivity index (χ0n) is 7.80. The summed E-state index contributed by atoms with van der Waals surface area (Å²) in [5.74, 6) is -2.59. The van der Waals surface area contributed by atoms with Crippen molar-refractivity contribution in [2.24, 2.45) is 17.3 Å². The molecule has 0 unspecified atom stereocenters. The van der Waals surface area contributed by atoms with E-state index in [4.69, 9.17) is 0 Å². The Morgan fingerprint density at radius 1 is 1.46 bits per heavy atom. The predicted octanol–water partition coefficient (Wildman–Crippen LogP) is -2.21. The van der Waals surface area contributed by atoms with E-state index in [2.05, 4.69) is 0 Å². The molecule has 1 saturated carbocycles. The van der Waals surface area contributed by atoms with Gasteiger partial charge in [-0.25, -0.2) is 0 Å². The Labute approximate surface area is 97.3 Å². The molecule has 5 heteroatoms. The average Bonchev–Trinajstić information content (AvgIpc) is 2.32. The van der Waals surface area contributed by atoms with Crippen LogP contribution in [0.1, 0.15) is 13.8 Å². The van der Waals surface area contributed by atoms with Crippen LogP contribution in [-0.4, -0.2) is 5.97 Å². The average molecular weight is 198 g/mol. The van der Waals surface area contributed by atoms with E-state index in [1.54, 1.807) is 13.8 Å². The van der Waals surface area contributed by atoms with Crippen LogP contribution in [0.25, 0.3) is 0 Å². The van der Waals surface area contributed by atoms with E-state index < -0.39 is 29.3 Å². The van der Waals surface area contributed by atoms with Crippen LogP contribution in [0, 0.1) is 17.3 Å². The van der Waals surface area contributed by atoms with E-state index in [0.717, 1.165) is 0 Å². The second kappa shape index (κ2) is 4.07. The summed E-state index contributed by atoms with van der Waals surface area (Å²) >= 11 is 0. The topological polar surface area (TPSA) is 40.1 Å². The number of halogens is 2. The standard InChI is InChI=1S/C8H10F2O2.Na/c1-8(2)4(3-5(9)10)6(8)7(11)12;/h3-4,6H,1-2H3,(H,11,12);/q;+1/p-1/t4-,6-;/m0./s1. The molecular formula is C8H9F2NaO2. The normalized spacial score (nSPS) is 28.6. The third-order valence-corrected chi connectivity index (χ3v) is 2.47. The van der Waals surface area contributed by atoms with E-state index in [-0.39, 0.29) is 29.6 Å². The molecule has 1 aliphatic rings. The molecule has 0 heterocycles. The molecule has 0 aliphatic heterocycles. The van der Waals surface area contributed by atoms with E-state index in [1.807, 2.05) is 0 Å². The van der Waals surface area contributed by atoms with Crippen molar-refractivity contribution in [3.8, 4) is 0 Å². The van der Waals surface area contributed by atoms with Crippen LogP contribution in [0.2, 0.25) is 0 Å². The molecule has 0 aromatic rings. The van der Waals surface area contributed by atoms with Crippen LogP contribution in [0.5, 0.6) is 0 Å². The fourth-order valence-electron chi connectivity index (χ4n) is 1.57. The Balaban J connectivity index is 0.00000144. The number of carboxylic acids is 1. The summed E-state index contributed by atoms with van der Waals surface area (Å²) in [5.41, 5.74) is -0.581. The van der Waals surface area contributed by atoms with Crippen molar-refractivity contribution in [3.05, 3.63) is 12.2 Å². The first-order valence-corrected chi connectivity index (χ1v) is 3.61. The van der Waals surface area contributed by atoms with Crippen molar-refractivity contribution in [1.29, 1.82) is 0 Å². The molecule has 13 heavy (non-hydrogen) atoms. The van der Waals surface area contributed by atoms with Crippen molar-refractivity contribution >= 4 is 5.97 Å². The zero-order chi connectivity index (χ0) is 9.52. The molecule has 0 spiro atoms. The van der Waals surface area contributed by atoms with Gasteiger partial charge in [-0.1, -0.05) is 13.8 Å². The molecule has 1 rings (SSSR count). The Hall–Kier alpha value is 0.0700. The largest absolute Gasteiger partial charge is 1.00 e. The van der Waals surface area contributed by atoms with Crippen molar-refractivity contribution < 1.29 is 48.2 Å². The second-order valence-corrected chi connectivity index (χ2v) is 3.60. The second-order valence-electron chi connectivity index (χ2n) is 3.60. The van der Waals surface area contributed by atoms with E-state index in [0.29, 0.717) is 6.08 Å². The van der Waals surface area contributed by atoms with E-state index >= 15 is 0 Å². The summed E-state index contributed by atoms with van der Waals surface area (Å²) in [6, 6.07) is 0. The van der Waals surface area contributed by atoms with Gasteiger partial charge in [-0.05, 0) is 17.4 Å². The fourth-order valence-corrected chi connectivity index (χ4v) is 1.57. The maximum atomic E-state index is 11.8. The number of allylic oxidation sites excluding steroid dienone is 1. The molecule has 1 aliphatic carbocycles. The number of carboxylic acid groups (broad SMARTS) is 1. The number of hydrogen-bond acceptors (Lipinski definition) is 2. The zero-order valence-corrected chi connectivity index (χ0v) is 9.80. The molecule has 0 bridgehead atoms. The number of carbonyl (C=O) groups excluding carboxylic acids is 1. The SMILES string of the molecule is CC1(C)[C@H](C(=O)[O-])[C@@H]1C=C(F)F.[Na+]. The minimum Gasteiger partial charge on any atom is -0.550 e. The molecule has 68 valence electrons. The van der Waals surface area contributed by atoms with Crippen molar-refractivity contribution in [3.63, 3.8) is 0 Å². The Kier molecular flexibility index (Phi) is 4.09. The van der Waals surface area contributed by atoms with Crippen LogP contribution < -0.4 is 34.7 Å². The molecule has 0 N–H and O–H groups in total. The molecule has 0 amide bonds. The van der Waals surface area contributed by atoms with Gasteiger partial charge >= 0.3 is 29.6 Å². The van der Waals surface area contributed by atoms with E-state index in [9.17, 15) is 18.7 Å². The van der Waals surface area contributed by atoms with Crippen molar-refractivity contribution in [1.82, 2.24) is 0 Å². The number of carbonyl (C=O) groups is 1. The molecule has 2 atom stereocenters. The predicted molar refractivity (Wildman–Crippen MR) is 36.1 cm³/mol. The van der Waals surface area contributed by atoms with Gasteiger partial charge in [0, 0.05) is 11.9 Å². The van der Waals surface area contributed by atoms with Gasteiger partial charge in [-0.2, -0.15) is 8.78 Å². The first kappa shape index (κ1) is 13.1. The summed E-state index contributed by atoms with van der Waals surface area (Å²) in [6.45, 7) is 3.27. The van der Waals surface area contributed by atoms with Gasteiger partial charge in [-0.3, -0.25) is 0 Å². The third-order valence-electron chi connectivity index (χ3n) is 2.47. The summed E-state index contributed by atoms with van der Waals surface area (Å²) in [4.78, 5) is 10.4.